The zero-order chi connectivity index (χ0) is 14.5. The van der Waals surface area contributed by atoms with E-state index in [0.717, 1.165) is 17.7 Å². The molecule has 0 spiro atoms. The first-order valence-corrected chi connectivity index (χ1v) is 7.45. The molecule has 3 N–H and O–H groups in total. The number of nitrogens with one attached hydrogen (secondary N) is 1. The van der Waals surface area contributed by atoms with Crippen LogP contribution in [0.25, 0.3) is 0 Å². The van der Waals surface area contributed by atoms with E-state index in [-0.39, 0.29) is 17.6 Å². The SMILES string of the molecule is NCC(NC(=O)CSc1ccc([N+](=O)[O-])cc1)C1CC1. The van der Waals surface area contributed by atoms with Crippen molar-refractivity contribution in [3.05, 3.63) is 34.4 Å². The summed E-state index contributed by atoms with van der Waals surface area (Å²) >= 11 is 1.36. The van der Waals surface area contributed by atoms with Crippen LogP contribution in [-0.2, 0) is 4.79 Å². The molecule has 20 heavy (non-hydrogen) atoms. The van der Waals surface area contributed by atoms with Crippen LogP contribution >= 0.6 is 11.8 Å². The van der Waals surface area contributed by atoms with E-state index in [0.29, 0.717) is 18.2 Å². The van der Waals surface area contributed by atoms with Crippen molar-refractivity contribution < 1.29 is 9.72 Å². The zero-order valence-corrected chi connectivity index (χ0v) is 11.8. The summed E-state index contributed by atoms with van der Waals surface area (Å²) in [5.74, 6) is 0.783. The Morgan fingerprint density at radius 3 is 2.60 bits per heavy atom. The van der Waals surface area contributed by atoms with E-state index >= 15 is 0 Å². The number of nitro benzene ring substituents is 1. The molecule has 0 aliphatic heterocycles. The lowest BCUT2D eigenvalue weighted by molar-refractivity contribution is -0.384. The number of nitrogens with two attached hydrogens (primary N) is 1. The highest BCUT2D eigenvalue weighted by molar-refractivity contribution is 8.00. The van der Waals surface area contributed by atoms with Crippen molar-refractivity contribution >= 4 is 23.4 Å². The van der Waals surface area contributed by atoms with Crippen LogP contribution < -0.4 is 11.1 Å². The zero-order valence-electron chi connectivity index (χ0n) is 11.0. The molecule has 0 aromatic heterocycles. The Balaban J connectivity index is 1.79. The van der Waals surface area contributed by atoms with Crippen LogP contribution in [0.1, 0.15) is 12.8 Å². The Kier molecular flexibility index (Phi) is 4.97. The van der Waals surface area contributed by atoms with Gasteiger partial charge in [0.05, 0.1) is 10.7 Å². The van der Waals surface area contributed by atoms with Crippen molar-refractivity contribution in [3.63, 3.8) is 0 Å². The maximum atomic E-state index is 11.8. The van der Waals surface area contributed by atoms with E-state index in [9.17, 15) is 14.9 Å². The molecule has 0 bridgehead atoms. The second kappa shape index (κ2) is 6.71. The number of thioether (sulfide) groups is 1. The second-order valence-electron chi connectivity index (χ2n) is 4.79. The van der Waals surface area contributed by atoms with Crippen LogP contribution in [0.2, 0.25) is 0 Å². The molecule has 7 heteroatoms. The summed E-state index contributed by atoms with van der Waals surface area (Å²) in [5, 5.41) is 13.5. The third-order valence-electron chi connectivity index (χ3n) is 3.21. The summed E-state index contributed by atoms with van der Waals surface area (Å²) in [6.45, 7) is 0.471. The van der Waals surface area contributed by atoms with Crippen molar-refractivity contribution in [2.24, 2.45) is 11.7 Å². The third kappa shape index (κ3) is 4.21. The number of nitrogens with zero attached hydrogens (tertiary/aromatic N) is 1. The smallest absolute Gasteiger partial charge is 0.269 e. The summed E-state index contributed by atoms with van der Waals surface area (Å²) in [6, 6.07) is 6.26. The highest BCUT2D eigenvalue weighted by Crippen LogP contribution is 2.32. The minimum absolute atomic E-state index is 0.0456. The number of benzene rings is 1. The fraction of sp³-hybridized carbons (Fsp3) is 0.462. The molecular weight excluding hydrogens is 278 g/mol. The maximum absolute atomic E-state index is 11.8. The van der Waals surface area contributed by atoms with Crippen molar-refractivity contribution in [1.29, 1.82) is 0 Å². The summed E-state index contributed by atoms with van der Waals surface area (Å²) in [7, 11) is 0. The average Bonchev–Trinajstić information content (AvgIpc) is 3.27. The number of carbonyl (C=O) groups excluding carboxylic acids is 1. The number of hydrogen-bond acceptors (Lipinski definition) is 5. The Labute approximate surface area is 121 Å². The minimum atomic E-state index is -0.442. The van der Waals surface area contributed by atoms with Crippen LogP contribution in [0.5, 0.6) is 0 Å². The number of hydrogen-bond donors (Lipinski definition) is 2. The molecular formula is C13H17N3O3S. The predicted octanol–water partition coefficient (Wildman–Crippen LogP) is 1.54. The maximum Gasteiger partial charge on any atom is 0.269 e. The fourth-order valence-electron chi connectivity index (χ4n) is 1.93. The molecule has 1 amide bonds. The lowest BCUT2D eigenvalue weighted by Gasteiger charge is -2.15. The number of carbonyl (C=O) groups is 1. The van der Waals surface area contributed by atoms with Crippen molar-refractivity contribution in [2.45, 2.75) is 23.8 Å². The van der Waals surface area contributed by atoms with Gasteiger partial charge in [0.1, 0.15) is 0 Å². The number of rotatable bonds is 7. The lowest BCUT2D eigenvalue weighted by atomic mass is 10.2. The van der Waals surface area contributed by atoms with E-state index in [1.807, 2.05) is 0 Å². The number of non-ortho nitro benzene ring substituents is 1. The minimum Gasteiger partial charge on any atom is -0.351 e. The van der Waals surface area contributed by atoms with E-state index in [2.05, 4.69) is 5.32 Å². The molecule has 1 aliphatic carbocycles. The monoisotopic (exact) mass is 295 g/mol. The van der Waals surface area contributed by atoms with Crippen LogP contribution in [0.4, 0.5) is 5.69 Å². The van der Waals surface area contributed by atoms with Crippen LogP contribution in [-0.4, -0.2) is 29.2 Å². The van der Waals surface area contributed by atoms with Gasteiger partial charge >= 0.3 is 0 Å². The first-order valence-electron chi connectivity index (χ1n) is 6.47. The van der Waals surface area contributed by atoms with Gasteiger partial charge in [-0.3, -0.25) is 14.9 Å². The van der Waals surface area contributed by atoms with Crippen molar-refractivity contribution in [3.8, 4) is 0 Å². The molecule has 1 saturated carbocycles. The highest BCUT2D eigenvalue weighted by Gasteiger charge is 2.31. The topological polar surface area (TPSA) is 98.3 Å². The van der Waals surface area contributed by atoms with Gasteiger partial charge in [-0.1, -0.05) is 0 Å². The fourth-order valence-corrected chi connectivity index (χ4v) is 2.64. The highest BCUT2D eigenvalue weighted by atomic mass is 32.2. The van der Waals surface area contributed by atoms with Crippen LogP contribution in [0, 0.1) is 16.0 Å². The summed E-state index contributed by atoms with van der Waals surface area (Å²) in [5.41, 5.74) is 5.68. The van der Waals surface area contributed by atoms with Gasteiger partial charge in [-0.15, -0.1) is 11.8 Å². The molecule has 2 rings (SSSR count). The van der Waals surface area contributed by atoms with Gasteiger partial charge in [0.2, 0.25) is 5.91 Å². The molecule has 0 saturated heterocycles. The molecule has 1 aromatic carbocycles. The Morgan fingerprint density at radius 2 is 2.10 bits per heavy atom. The Bertz CT molecular complexity index is 488. The standard InChI is InChI=1S/C13H17N3O3S/c14-7-12(9-1-2-9)15-13(17)8-20-11-5-3-10(4-6-11)16(18)19/h3-6,9,12H,1-2,7-8,14H2,(H,15,17). The van der Waals surface area contributed by atoms with E-state index in [1.54, 1.807) is 12.1 Å². The molecule has 1 fully saturated rings. The van der Waals surface area contributed by atoms with Gasteiger partial charge in [0, 0.05) is 29.6 Å². The Morgan fingerprint density at radius 1 is 1.45 bits per heavy atom. The largest absolute Gasteiger partial charge is 0.351 e. The van der Waals surface area contributed by atoms with E-state index in [4.69, 9.17) is 5.73 Å². The normalized spacial score (nSPS) is 15.7. The van der Waals surface area contributed by atoms with Crippen LogP contribution in [0.15, 0.2) is 29.2 Å². The molecule has 1 aliphatic rings. The second-order valence-corrected chi connectivity index (χ2v) is 5.84. The summed E-state index contributed by atoms with van der Waals surface area (Å²) in [4.78, 5) is 22.7. The van der Waals surface area contributed by atoms with Crippen LogP contribution in [0.3, 0.4) is 0 Å². The molecule has 0 heterocycles. The summed E-state index contributed by atoms with van der Waals surface area (Å²) in [6.07, 6.45) is 2.27. The number of nitro groups is 1. The lowest BCUT2D eigenvalue weighted by Crippen LogP contribution is -2.42. The van der Waals surface area contributed by atoms with Crippen molar-refractivity contribution in [1.82, 2.24) is 5.32 Å². The average molecular weight is 295 g/mol. The molecule has 108 valence electrons. The molecule has 6 nitrogen and oxygen atoms in total. The molecule has 1 aromatic rings. The first-order chi connectivity index (χ1) is 9.60. The Hall–Kier alpha value is -1.60. The van der Waals surface area contributed by atoms with Crippen molar-refractivity contribution in [2.75, 3.05) is 12.3 Å². The van der Waals surface area contributed by atoms with Gasteiger partial charge in [0.15, 0.2) is 0 Å². The van der Waals surface area contributed by atoms with Gasteiger partial charge < -0.3 is 11.1 Å². The third-order valence-corrected chi connectivity index (χ3v) is 4.22. The summed E-state index contributed by atoms with van der Waals surface area (Å²) < 4.78 is 0. The van der Waals surface area contributed by atoms with Gasteiger partial charge in [-0.05, 0) is 30.9 Å². The van der Waals surface area contributed by atoms with E-state index in [1.165, 1.54) is 23.9 Å². The number of amides is 1. The predicted molar refractivity (Wildman–Crippen MR) is 77.5 cm³/mol. The molecule has 1 atom stereocenters. The van der Waals surface area contributed by atoms with Gasteiger partial charge in [0.25, 0.3) is 5.69 Å². The van der Waals surface area contributed by atoms with E-state index < -0.39 is 4.92 Å². The molecule has 0 radical (unpaired) electrons. The first kappa shape index (κ1) is 14.8. The molecule has 1 unspecified atom stereocenters. The van der Waals surface area contributed by atoms with Gasteiger partial charge in [-0.25, -0.2) is 0 Å². The quantitative estimate of drug-likeness (QED) is 0.451. The van der Waals surface area contributed by atoms with Gasteiger partial charge in [-0.2, -0.15) is 0 Å².